The Morgan fingerprint density at radius 3 is 2.00 bits per heavy atom. The zero-order chi connectivity index (χ0) is 18.9. The maximum atomic E-state index is 11.6. The highest BCUT2D eigenvalue weighted by Crippen LogP contribution is 2.28. The maximum Gasteiger partial charge on any atom is 0.197 e. The Hall–Kier alpha value is -2.90. The van der Waals surface area contributed by atoms with E-state index >= 15 is 0 Å². The molecule has 0 bridgehead atoms. The van der Waals surface area contributed by atoms with Crippen molar-refractivity contribution in [2.75, 3.05) is 29.4 Å². The molecule has 0 aliphatic carbocycles. The van der Waals surface area contributed by atoms with E-state index in [1.165, 1.54) is 13.8 Å². The summed E-state index contributed by atoms with van der Waals surface area (Å²) in [5.74, 6) is 1.63. The van der Waals surface area contributed by atoms with Crippen molar-refractivity contribution in [3.05, 3.63) is 36.2 Å². The number of anilines is 2. The largest absolute Gasteiger partial charge is 0.352 e. The SMILES string of the molecule is CC(=O)c1nccc(N2CCN(c3ccnc(C(C)=O)n3)C(C)(C)C2)n1. The summed E-state index contributed by atoms with van der Waals surface area (Å²) in [5, 5.41) is 0. The van der Waals surface area contributed by atoms with Crippen LogP contribution >= 0.6 is 0 Å². The predicted octanol–water partition coefficient (Wildman–Crippen LogP) is 1.78. The Morgan fingerprint density at radius 2 is 1.46 bits per heavy atom. The highest BCUT2D eigenvalue weighted by Gasteiger charge is 2.35. The van der Waals surface area contributed by atoms with Gasteiger partial charge in [0.15, 0.2) is 23.2 Å². The molecular weight excluding hydrogens is 332 g/mol. The zero-order valence-corrected chi connectivity index (χ0v) is 15.4. The molecule has 2 aromatic heterocycles. The molecule has 0 unspecified atom stereocenters. The van der Waals surface area contributed by atoms with Gasteiger partial charge in [0.1, 0.15) is 11.6 Å². The summed E-state index contributed by atoms with van der Waals surface area (Å²) in [6.45, 7) is 9.27. The standard InChI is InChI=1S/C18H22N6O2/c1-12(25)16-19-7-5-14(21-16)23-9-10-24(18(3,4)11-23)15-6-8-20-17(22-15)13(2)26/h5-8H,9-11H2,1-4H3. The van der Waals surface area contributed by atoms with E-state index in [1.807, 2.05) is 12.1 Å². The summed E-state index contributed by atoms with van der Waals surface area (Å²) in [4.78, 5) is 44.2. The van der Waals surface area contributed by atoms with Gasteiger partial charge < -0.3 is 9.80 Å². The minimum Gasteiger partial charge on any atom is -0.352 e. The number of carbonyl (C=O) groups is 2. The molecule has 0 radical (unpaired) electrons. The Balaban J connectivity index is 1.84. The van der Waals surface area contributed by atoms with Crippen LogP contribution in [0.4, 0.5) is 11.6 Å². The van der Waals surface area contributed by atoms with Crippen LogP contribution < -0.4 is 9.80 Å². The molecule has 1 aliphatic heterocycles. The smallest absolute Gasteiger partial charge is 0.197 e. The average molecular weight is 354 g/mol. The van der Waals surface area contributed by atoms with Crippen LogP contribution in [-0.4, -0.2) is 56.7 Å². The molecule has 1 saturated heterocycles. The summed E-state index contributed by atoms with van der Waals surface area (Å²) in [6, 6.07) is 3.64. The molecule has 0 N–H and O–H groups in total. The van der Waals surface area contributed by atoms with Gasteiger partial charge in [-0.2, -0.15) is 0 Å². The minimum atomic E-state index is -0.248. The van der Waals surface area contributed by atoms with E-state index in [0.29, 0.717) is 13.1 Å². The van der Waals surface area contributed by atoms with Crippen LogP contribution in [0.25, 0.3) is 0 Å². The number of hydrogen-bond donors (Lipinski definition) is 0. The lowest BCUT2D eigenvalue weighted by molar-refractivity contribution is 0.0995. The lowest BCUT2D eigenvalue weighted by Gasteiger charge is -2.48. The molecule has 136 valence electrons. The molecule has 0 atom stereocenters. The van der Waals surface area contributed by atoms with Gasteiger partial charge in [-0.05, 0) is 26.0 Å². The molecule has 1 fully saturated rings. The normalized spacial score (nSPS) is 16.5. The topological polar surface area (TPSA) is 92.2 Å². The zero-order valence-electron chi connectivity index (χ0n) is 15.4. The number of carbonyl (C=O) groups excluding carboxylic acids is 2. The molecule has 8 nitrogen and oxygen atoms in total. The first-order valence-corrected chi connectivity index (χ1v) is 8.48. The van der Waals surface area contributed by atoms with Crippen molar-refractivity contribution in [2.24, 2.45) is 0 Å². The minimum absolute atomic E-state index is 0.150. The fraction of sp³-hybridized carbons (Fsp3) is 0.444. The number of hydrogen-bond acceptors (Lipinski definition) is 8. The van der Waals surface area contributed by atoms with Gasteiger partial charge in [0, 0.05) is 45.9 Å². The third kappa shape index (κ3) is 3.54. The number of Topliss-reactive ketones (excluding diaryl/α,β-unsaturated/α-hetero) is 2. The second-order valence-electron chi connectivity index (χ2n) is 6.97. The number of nitrogens with zero attached hydrogens (tertiary/aromatic N) is 6. The molecule has 3 rings (SSSR count). The van der Waals surface area contributed by atoms with Gasteiger partial charge in [0.25, 0.3) is 0 Å². The Labute approximate surface area is 152 Å². The summed E-state index contributed by atoms with van der Waals surface area (Å²) < 4.78 is 0. The first kappa shape index (κ1) is 17.9. The van der Waals surface area contributed by atoms with Crippen LogP contribution in [0.3, 0.4) is 0 Å². The van der Waals surface area contributed by atoms with Gasteiger partial charge in [-0.3, -0.25) is 9.59 Å². The van der Waals surface area contributed by atoms with Crippen molar-refractivity contribution < 1.29 is 9.59 Å². The van der Waals surface area contributed by atoms with Crippen molar-refractivity contribution in [1.29, 1.82) is 0 Å². The van der Waals surface area contributed by atoms with Crippen molar-refractivity contribution in [2.45, 2.75) is 33.2 Å². The second kappa shape index (κ2) is 6.78. The molecule has 8 heteroatoms. The maximum absolute atomic E-state index is 11.6. The van der Waals surface area contributed by atoms with E-state index < -0.39 is 0 Å². The van der Waals surface area contributed by atoms with E-state index in [1.54, 1.807) is 12.4 Å². The molecule has 26 heavy (non-hydrogen) atoms. The number of ketones is 2. The summed E-state index contributed by atoms with van der Waals surface area (Å²) >= 11 is 0. The van der Waals surface area contributed by atoms with Crippen LogP contribution in [0.5, 0.6) is 0 Å². The van der Waals surface area contributed by atoms with E-state index in [2.05, 4.69) is 43.6 Å². The van der Waals surface area contributed by atoms with Crippen LogP contribution in [-0.2, 0) is 0 Å². The fourth-order valence-electron chi connectivity index (χ4n) is 3.14. The van der Waals surface area contributed by atoms with Crippen molar-refractivity contribution in [3.8, 4) is 0 Å². The molecular formula is C18H22N6O2. The molecule has 0 amide bonds. The first-order chi connectivity index (χ1) is 12.3. The number of piperazine rings is 1. The second-order valence-corrected chi connectivity index (χ2v) is 6.97. The molecule has 2 aromatic rings. The summed E-state index contributed by atoms with van der Waals surface area (Å²) in [7, 11) is 0. The monoisotopic (exact) mass is 354 g/mol. The number of rotatable bonds is 4. The third-order valence-corrected chi connectivity index (χ3v) is 4.41. The molecule has 3 heterocycles. The molecule has 0 aromatic carbocycles. The summed E-state index contributed by atoms with van der Waals surface area (Å²) in [5.41, 5.74) is -0.248. The van der Waals surface area contributed by atoms with Crippen molar-refractivity contribution in [3.63, 3.8) is 0 Å². The number of aromatic nitrogens is 4. The first-order valence-electron chi connectivity index (χ1n) is 8.48. The Bertz CT molecular complexity index is 851. The van der Waals surface area contributed by atoms with Gasteiger partial charge in [0.2, 0.25) is 0 Å². The quantitative estimate of drug-likeness (QED) is 0.767. The highest BCUT2D eigenvalue weighted by atomic mass is 16.1. The highest BCUT2D eigenvalue weighted by molar-refractivity contribution is 5.91. The van der Waals surface area contributed by atoms with Crippen LogP contribution in [0.15, 0.2) is 24.5 Å². The van der Waals surface area contributed by atoms with Gasteiger partial charge in [-0.1, -0.05) is 0 Å². The lowest BCUT2D eigenvalue weighted by atomic mass is 9.98. The van der Waals surface area contributed by atoms with Crippen LogP contribution in [0.2, 0.25) is 0 Å². The molecule has 0 saturated carbocycles. The van der Waals surface area contributed by atoms with Gasteiger partial charge in [0.05, 0.1) is 5.54 Å². The third-order valence-electron chi connectivity index (χ3n) is 4.41. The van der Waals surface area contributed by atoms with Crippen molar-refractivity contribution >= 4 is 23.2 Å². The van der Waals surface area contributed by atoms with Gasteiger partial charge >= 0.3 is 0 Å². The Morgan fingerprint density at radius 1 is 0.923 bits per heavy atom. The van der Waals surface area contributed by atoms with Crippen LogP contribution in [0.1, 0.15) is 48.9 Å². The van der Waals surface area contributed by atoms with E-state index in [0.717, 1.165) is 18.2 Å². The van der Waals surface area contributed by atoms with E-state index in [4.69, 9.17) is 0 Å². The van der Waals surface area contributed by atoms with Crippen molar-refractivity contribution in [1.82, 2.24) is 19.9 Å². The summed E-state index contributed by atoms with van der Waals surface area (Å²) in [6.07, 6.45) is 3.23. The van der Waals surface area contributed by atoms with E-state index in [9.17, 15) is 9.59 Å². The average Bonchev–Trinajstić information content (AvgIpc) is 2.61. The fourth-order valence-corrected chi connectivity index (χ4v) is 3.14. The van der Waals surface area contributed by atoms with E-state index in [-0.39, 0.29) is 28.8 Å². The molecule has 0 spiro atoms. The van der Waals surface area contributed by atoms with Crippen LogP contribution in [0, 0.1) is 0 Å². The molecule has 1 aliphatic rings. The predicted molar refractivity (Wildman–Crippen MR) is 97.7 cm³/mol. The Kier molecular flexibility index (Phi) is 4.67. The van der Waals surface area contributed by atoms with Gasteiger partial charge in [-0.15, -0.1) is 0 Å². The van der Waals surface area contributed by atoms with Gasteiger partial charge in [-0.25, -0.2) is 19.9 Å². The lowest BCUT2D eigenvalue weighted by Crippen LogP contribution is -2.60.